The number of carbonyl (C=O) groups is 1. The van der Waals surface area contributed by atoms with Crippen LogP contribution in [0.3, 0.4) is 0 Å². The summed E-state index contributed by atoms with van der Waals surface area (Å²) in [4.78, 5) is 22.6. The van der Waals surface area contributed by atoms with Crippen molar-refractivity contribution in [2.45, 2.75) is 19.8 Å². The zero-order valence-corrected chi connectivity index (χ0v) is 13.3. The SMILES string of the molecule is CC1CCN(c2cc(NC(=O)Nc3cccs3)ncn2)CC1. The Morgan fingerprint density at radius 2 is 2.14 bits per heavy atom. The monoisotopic (exact) mass is 317 g/mol. The van der Waals surface area contributed by atoms with Gasteiger partial charge in [-0.3, -0.25) is 10.6 Å². The topological polar surface area (TPSA) is 70.2 Å². The summed E-state index contributed by atoms with van der Waals surface area (Å²) in [5, 5.41) is 8.23. The largest absolute Gasteiger partial charge is 0.356 e. The second-order valence-corrected chi connectivity index (χ2v) is 6.44. The fourth-order valence-corrected chi connectivity index (χ4v) is 3.05. The number of carbonyl (C=O) groups excluding carboxylic acids is 1. The van der Waals surface area contributed by atoms with Crippen molar-refractivity contribution in [3.05, 3.63) is 29.9 Å². The first-order valence-corrected chi connectivity index (χ1v) is 8.27. The summed E-state index contributed by atoms with van der Waals surface area (Å²) in [6.07, 6.45) is 3.84. The van der Waals surface area contributed by atoms with Crippen LogP contribution < -0.4 is 15.5 Å². The molecule has 2 amide bonds. The second-order valence-electron chi connectivity index (χ2n) is 5.49. The summed E-state index contributed by atoms with van der Waals surface area (Å²) in [6.45, 7) is 4.28. The molecule has 2 N–H and O–H groups in total. The van der Waals surface area contributed by atoms with Crippen LogP contribution in [0.15, 0.2) is 29.9 Å². The third kappa shape index (κ3) is 3.73. The highest BCUT2D eigenvalue weighted by atomic mass is 32.1. The Morgan fingerprint density at radius 3 is 2.86 bits per heavy atom. The minimum absolute atomic E-state index is 0.292. The van der Waals surface area contributed by atoms with Crippen molar-refractivity contribution >= 4 is 34.0 Å². The van der Waals surface area contributed by atoms with Crippen LogP contribution in [0, 0.1) is 5.92 Å². The van der Waals surface area contributed by atoms with Crippen LogP contribution >= 0.6 is 11.3 Å². The average molecular weight is 317 g/mol. The first-order valence-electron chi connectivity index (χ1n) is 7.39. The first kappa shape index (κ1) is 14.8. The molecule has 0 radical (unpaired) electrons. The van der Waals surface area contributed by atoms with Gasteiger partial charge in [-0.2, -0.15) is 0 Å². The summed E-state index contributed by atoms with van der Waals surface area (Å²) < 4.78 is 0. The van der Waals surface area contributed by atoms with Crippen LogP contribution in [-0.2, 0) is 0 Å². The molecule has 116 valence electrons. The lowest BCUT2D eigenvalue weighted by molar-refractivity contribution is 0.262. The molecular weight excluding hydrogens is 298 g/mol. The van der Waals surface area contributed by atoms with E-state index < -0.39 is 0 Å². The molecule has 7 heteroatoms. The van der Waals surface area contributed by atoms with Gasteiger partial charge in [-0.25, -0.2) is 14.8 Å². The molecule has 0 bridgehead atoms. The molecule has 1 fully saturated rings. The van der Waals surface area contributed by atoms with Crippen molar-refractivity contribution in [3.63, 3.8) is 0 Å². The molecule has 2 aromatic heterocycles. The predicted molar refractivity (Wildman–Crippen MR) is 89.6 cm³/mol. The molecule has 3 heterocycles. The summed E-state index contributed by atoms with van der Waals surface area (Å²) >= 11 is 1.47. The molecule has 0 saturated carbocycles. The number of aromatic nitrogens is 2. The molecule has 1 aliphatic heterocycles. The molecule has 0 aliphatic carbocycles. The lowest BCUT2D eigenvalue weighted by atomic mass is 9.99. The van der Waals surface area contributed by atoms with Crippen LogP contribution in [-0.4, -0.2) is 29.1 Å². The molecule has 3 rings (SSSR count). The van der Waals surface area contributed by atoms with Gasteiger partial charge in [0.05, 0.1) is 5.00 Å². The zero-order valence-electron chi connectivity index (χ0n) is 12.5. The molecule has 0 spiro atoms. The Balaban J connectivity index is 1.62. The van der Waals surface area contributed by atoms with Crippen molar-refractivity contribution in [3.8, 4) is 0 Å². The Bertz CT molecular complexity index is 623. The number of piperidine rings is 1. The lowest BCUT2D eigenvalue weighted by Crippen LogP contribution is -2.33. The van der Waals surface area contributed by atoms with Crippen LogP contribution in [0.4, 0.5) is 21.4 Å². The summed E-state index contributed by atoms with van der Waals surface area (Å²) in [6, 6.07) is 5.27. The fourth-order valence-electron chi connectivity index (χ4n) is 2.44. The molecule has 0 aromatic carbocycles. The molecular formula is C15H19N5OS. The number of rotatable bonds is 3. The quantitative estimate of drug-likeness (QED) is 0.910. The van der Waals surface area contributed by atoms with Gasteiger partial charge in [-0.15, -0.1) is 11.3 Å². The van der Waals surface area contributed by atoms with Crippen LogP contribution in [0.2, 0.25) is 0 Å². The van der Waals surface area contributed by atoms with E-state index in [1.54, 1.807) is 0 Å². The Labute approximate surface area is 133 Å². The van der Waals surface area contributed by atoms with E-state index in [-0.39, 0.29) is 6.03 Å². The highest BCUT2D eigenvalue weighted by molar-refractivity contribution is 7.14. The van der Waals surface area contributed by atoms with Gasteiger partial charge in [-0.1, -0.05) is 6.92 Å². The van der Waals surface area contributed by atoms with Gasteiger partial charge in [0.2, 0.25) is 0 Å². The number of amides is 2. The minimum Gasteiger partial charge on any atom is -0.356 e. The number of hydrogen-bond donors (Lipinski definition) is 2. The van der Waals surface area contributed by atoms with Crippen molar-refractivity contribution in [2.75, 3.05) is 28.6 Å². The summed E-state index contributed by atoms with van der Waals surface area (Å²) in [5.41, 5.74) is 0. The Kier molecular flexibility index (Phi) is 4.53. The van der Waals surface area contributed by atoms with E-state index in [0.29, 0.717) is 5.82 Å². The van der Waals surface area contributed by atoms with Crippen molar-refractivity contribution < 1.29 is 4.79 Å². The van der Waals surface area contributed by atoms with E-state index in [1.807, 2.05) is 23.6 Å². The van der Waals surface area contributed by atoms with Gasteiger partial charge in [-0.05, 0) is 36.3 Å². The maximum atomic E-state index is 11.9. The molecule has 22 heavy (non-hydrogen) atoms. The number of urea groups is 1. The van der Waals surface area contributed by atoms with E-state index in [4.69, 9.17) is 0 Å². The minimum atomic E-state index is -0.292. The molecule has 0 unspecified atom stereocenters. The van der Waals surface area contributed by atoms with Gasteiger partial charge in [0.25, 0.3) is 0 Å². The van der Waals surface area contributed by atoms with Crippen LogP contribution in [0.1, 0.15) is 19.8 Å². The number of anilines is 3. The lowest BCUT2D eigenvalue weighted by Gasteiger charge is -2.31. The van der Waals surface area contributed by atoms with Gasteiger partial charge in [0.15, 0.2) is 0 Å². The fraction of sp³-hybridized carbons (Fsp3) is 0.400. The highest BCUT2D eigenvalue weighted by Gasteiger charge is 2.17. The zero-order chi connectivity index (χ0) is 15.4. The maximum absolute atomic E-state index is 11.9. The number of nitrogens with zero attached hydrogens (tertiary/aromatic N) is 3. The summed E-state index contributed by atoms with van der Waals surface area (Å²) in [5.74, 6) is 2.15. The average Bonchev–Trinajstić information content (AvgIpc) is 3.01. The Morgan fingerprint density at radius 1 is 1.32 bits per heavy atom. The van der Waals surface area contributed by atoms with E-state index in [2.05, 4.69) is 32.4 Å². The van der Waals surface area contributed by atoms with Crippen LogP contribution in [0.25, 0.3) is 0 Å². The second kappa shape index (κ2) is 6.74. The Hall–Kier alpha value is -2.15. The van der Waals surface area contributed by atoms with Crippen LogP contribution in [0.5, 0.6) is 0 Å². The van der Waals surface area contributed by atoms with E-state index in [1.165, 1.54) is 30.5 Å². The van der Waals surface area contributed by atoms with E-state index >= 15 is 0 Å². The first-order chi connectivity index (χ1) is 10.7. The van der Waals surface area contributed by atoms with Crippen molar-refractivity contribution in [2.24, 2.45) is 5.92 Å². The third-order valence-electron chi connectivity index (χ3n) is 3.76. The summed E-state index contributed by atoms with van der Waals surface area (Å²) in [7, 11) is 0. The standard InChI is InChI=1S/C15H19N5OS/c1-11-4-6-20(7-5-11)13-9-12(16-10-17-13)18-15(21)19-14-3-2-8-22-14/h2-3,8-11H,4-7H2,1H3,(H2,16,17,18,19,21). The number of hydrogen-bond acceptors (Lipinski definition) is 5. The molecule has 1 saturated heterocycles. The predicted octanol–water partition coefficient (Wildman–Crippen LogP) is 3.42. The third-order valence-corrected chi connectivity index (χ3v) is 4.55. The molecule has 0 atom stereocenters. The van der Waals surface area contributed by atoms with E-state index in [9.17, 15) is 4.79 Å². The van der Waals surface area contributed by atoms with Gasteiger partial charge in [0, 0.05) is 19.2 Å². The van der Waals surface area contributed by atoms with Gasteiger partial charge in [0.1, 0.15) is 18.0 Å². The molecule has 2 aromatic rings. The number of nitrogens with one attached hydrogen (secondary N) is 2. The van der Waals surface area contributed by atoms with Gasteiger partial charge < -0.3 is 4.90 Å². The number of thiophene rings is 1. The smallest absolute Gasteiger partial charge is 0.325 e. The highest BCUT2D eigenvalue weighted by Crippen LogP contribution is 2.22. The molecule has 6 nitrogen and oxygen atoms in total. The van der Waals surface area contributed by atoms with Gasteiger partial charge >= 0.3 is 6.03 Å². The van der Waals surface area contributed by atoms with Crippen molar-refractivity contribution in [1.29, 1.82) is 0 Å². The maximum Gasteiger partial charge on any atom is 0.325 e. The van der Waals surface area contributed by atoms with Crippen molar-refractivity contribution in [1.82, 2.24) is 9.97 Å². The van der Waals surface area contributed by atoms with E-state index in [0.717, 1.165) is 29.8 Å². The normalized spacial score (nSPS) is 15.6. The molecule has 1 aliphatic rings.